The normalized spacial score (nSPS) is 15.4. The molecule has 10 rings (SSSR count). The molecule has 2 nitrogen and oxygen atoms in total. The summed E-state index contributed by atoms with van der Waals surface area (Å²) in [6.07, 6.45) is 0. The van der Waals surface area contributed by atoms with E-state index in [1.165, 1.54) is 104 Å². The predicted molar refractivity (Wildman–Crippen MR) is 268 cm³/mol. The number of thiophene rings is 1. The van der Waals surface area contributed by atoms with Gasteiger partial charge in [-0.25, -0.2) is 0 Å². The number of nitrogens with zero attached hydrogens (tertiary/aromatic N) is 2. The average molecular weight is 817 g/mol. The number of anilines is 6. The van der Waals surface area contributed by atoms with Crippen LogP contribution in [0.2, 0.25) is 0 Å². The lowest BCUT2D eigenvalue weighted by Crippen LogP contribution is -2.60. The first-order chi connectivity index (χ1) is 28.5. The minimum atomic E-state index is -0.0893. The summed E-state index contributed by atoms with van der Waals surface area (Å²) < 4.78 is 2.79. The first kappa shape index (κ1) is 40.0. The van der Waals surface area contributed by atoms with E-state index in [2.05, 4.69) is 222 Å². The predicted octanol–water partition coefficient (Wildman–Crippen LogP) is 14.5. The highest BCUT2D eigenvalue weighted by molar-refractivity contribution is 7.33. The van der Waals surface area contributed by atoms with E-state index in [9.17, 15) is 0 Å². The van der Waals surface area contributed by atoms with E-state index in [1.807, 2.05) is 11.3 Å². The molecule has 0 atom stereocenters. The fraction of sp³-hybridized carbons (Fsp3) is 0.333. The van der Waals surface area contributed by atoms with Crippen molar-refractivity contribution >= 4 is 78.0 Å². The Kier molecular flexibility index (Phi) is 8.53. The topological polar surface area (TPSA) is 6.48 Å². The Balaban J connectivity index is 1.34. The number of rotatable bonds is 2. The molecule has 2 aliphatic heterocycles. The third kappa shape index (κ3) is 6.10. The van der Waals surface area contributed by atoms with Gasteiger partial charge in [-0.15, -0.1) is 11.3 Å². The van der Waals surface area contributed by atoms with Gasteiger partial charge in [0.25, 0.3) is 6.71 Å². The standard InChI is InChI=1S/C57H61BN2S/c1-53(2,3)34-19-24-38(25-20-34)59-46-28-23-36(55(7,8)9)29-45(46)58-50-47(59)30-37(56(10,11)12)31-48(50)60(39-26-21-35(22-27-39)54(4,5)6)51-42-32-41-40-17-15-16-18-43(40)57(13,14)44(41)33-49(42)61-52(51)58/h15-33H,1-14H3. The maximum Gasteiger partial charge on any atom is 0.264 e. The molecule has 0 bridgehead atoms. The Morgan fingerprint density at radius 1 is 0.475 bits per heavy atom. The van der Waals surface area contributed by atoms with E-state index >= 15 is 0 Å². The van der Waals surface area contributed by atoms with Gasteiger partial charge in [-0.05, 0) is 132 Å². The molecule has 1 aliphatic carbocycles. The first-order valence-corrected chi connectivity index (χ1v) is 23.2. The number of hydrogen-bond acceptors (Lipinski definition) is 3. The van der Waals surface area contributed by atoms with Crippen LogP contribution in [-0.4, -0.2) is 6.71 Å². The van der Waals surface area contributed by atoms with Gasteiger partial charge in [0.05, 0.1) is 5.69 Å². The van der Waals surface area contributed by atoms with Gasteiger partial charge in [0, 0.05) is 48.7 Å². The monoisotopic (exact) mass is 816 g/mol. The summed E-state index contributed by atoms with van der Waals surface area (Å²) in [7, 11) is 0. The van der Waals surface area contributed by atoms with E-state index in [1.54, 1.807) is 0 Å². The van der Waals surface area contributed by atoms with Gasteiger partial charge >= 0.3 is 0 Å². The molecule has 0 N–H and O–H groups in total. The third-order valence-corrected chi connectivity index (χ3v) is 15.3. The molecule has 0 saturated heterocycles. The Morgan fingerprint density at radius 3 is 1.57 bits per heavy atom. The second kappa shape index (κ2) is 13.0. The number of benzene rings is 6. The van der Waals surface area contributed by atoms with Crippen molar-refractivity contribution in [2.75, 3.05) is 9.80 Å². The second-order valence-electron chi connectivity index (χ2n) is 22.8. The lowest BCUT2D eigenvalue weighted by molar-refractivity contribution is 0.589. The van der Waals surface area contributed by atoms with Crippen LogP contribution in [0.15, 0.2) is 115 Å². The van der Waals surface area contributed by atoms with Crippen LogP contribution in [0.25, 0.3) is 21.2 Å². The molecule has 0 amide bonds. The van der Waals surface area contributed by atoms with Crippen LogP contribution in [0.4, 0.5) is 34.1 Å². The largest absolute Gasteiger partial charge is 0.311 e. The van der Waals surface area contributed by atoms with Crippen LogP contribution in [0, 0.1) is 0 Å². The molecule has 0 unspecified atom stereocenters. The van der Waals surface area contributed by atoms with Gasteiger partial charge in [0.2, 0.25) is 0 Å². The van der Waals surface area contributed by atoms with Crippen LogP contribution in [0.5, 0.6) is 0 Å². The molecular formula is C57H61BN2S. The summed E-state index contributed by atoms with van der Waals surface area (Å²) in [5.41, 5.74) is 21.3. The molecule has 7 aromatic rings. The molecule has 0 spiro atoms. The van der Waals surface area contributed by atoms with Crippen molar-refractivity contribution in [3.63, 3.8) is 0 Å². The Morgan fingerprint density at radius 2 is 1.00 bits per heavy atom. The molecule has 0 saturated carbocycles. The summed E-state index contributed by atoms with van der Waals surface area (Å²) >= 11 is 2.02. The smallest absolute Gasteiger partial charge is 0.264 e. The minimum absolute atomic E-state index is 0.00824. The van der Waals surface area contributed by atoms with Crippen LogP contribution in [0.1, 0.15) is 130 Å². The molecule has 1 aromatic heterocycles. The van der Waals surface area contributed by atoms with Crippen LogP contribution >= 0.6 is 11.3 Å². The molecule has 4 heteroatoms. The summed E-state index contributed by atoms with van der Waals surface area (Å²) in [4.78, 5) is 5.25. The van der Waals surface area contributed by atoms with Crippen molar-refractivity contribution in [3.8, 4) is 11.1 Å². The Hall–Kier alpha value is -5.06. The highest BCUT2D eigenvalue weighted by Crippen LogP contribution is 2.54. The van der Waals surface area contributed by atoms with Gasteiger partial charge in [-0.1, -0.05) is 158 Å². The van der Waals surface area contributed by atoms with E-state index in [0.717, 1.165) is 0 Å². The maximum atomic E-state index is 2.66. The maximum absolute atomic E-state index is 2.66. The molecule has 0 radical (unpaired) electrons. The van der Waals surface area contributed by atoms with Crippen LogP contribution in [0.3, 0.4) is 0 Å². The Bertz CT molecular complexity index is 2920. The zero-order chi connectivity index (χ0) is 43.3. The molecule has 0 fully saturated rings. The van der Waals surface area contributed by atoms with Gasteiger partial charge in [-0.2, -0.15) is 0 Å². The highest BCUT2D eigenvalue weighted by atomic mass is 32.1. The van der Waals surface area contributed by atoms with Crippen molar-refractivity contribution in [2.45, 2.75) is 124 Å². The quantitative estimate of drug-likeness (QED) is 0.160. The lowest BCUT2D eigenvalue weighted by atomic mass is 9.36. The van der Waals surface area contributed by atoms with Gasteiger partial charge in [0.15, 0.2) is 0 Å². The van der Waals surface area contributed by atoms with Crippen molar-refractivity contribution in [1.82, 2.24) is 0 Å². The molecule has 61 heavy (non-hydrogen) atoms. The zero-order valence-electron chi connectivity index (χ0n) is 38.8. The Labute approximate surface area is 369 Å². The van der Waals surface area contributed by atoms with Crippen LogP contribution in [-0.2, 0) is 27.1 Å². The van der Waals surface area contributed by atoms with Crippen molar-refractivity contribution in [3.05, 3.63) is 149 Å². The summed E-state index contributed by atoms with van der Waals surface area (Å²) in [6, 6.07) is 45.5. The third-order valence-electron chi connectivity index (χ3n) is 14.1. The zero-order valence-corrected chi connectivity index (χ0v) is 39.7. The van der Waals surface area contributed by atoms with E-state index in [0.29, 0.717) is 0 Å². The van der Waals surface area contributed by atoms with E-state index in [4.69, 9.17) is 0 Å². The fourth-order valence-electron chi connectivity index (χ4n) is 10.3. The lowest BCUT2D eigenvalue weighted by Gasteiger charge is -2.44. The summed E-state index contributed by atoms with van der Waals surface area (Å²) in [5, 5.41) is 1.34. The minimum Gasteiger partial charge on any atom is -0.311 e. The van der Waals surface area contributed by atoms with Crippen molar-refractivity contribution in [1.29, 1.82) is 0 Å². The summed E-state index contributed by atoms with van der Waals surface area (Å²) in [6.45, 7) is 32.9. The fourth-order valence-corrected chi connectivity index (χ4v) is 11.7. The van der Waals surface area contributed by atoms with Gasteiger partial charge in [-0.3, -0.25) is 0 Å². The van der Waals surface area contributed by atoms with Crippen LogP contribution < -0.4 is 25.5 Å². The first-order valence-electron chi connectivity index (χ1n) is 22.4. The van der Waals surface area contributed by atoms with Gasteiger partial charge in [0.1, 0.15) is 0 Å². The van der Waals surface area contributed by atoms with Crippen molar-refractivity contribution in [2.24, 2.45) is 0 Å². The molecule has 308 valence electrons. The second-order valence-corrected chi connectivity index (χ2v) is 23.9. The molecule has 6 aromatic carbocycles. The van der Waals surface area contributed by atoms with Crippen molar-refractivity contribution < 1.29 is 0 Å². The summed E-state index contributed by atoms with van der Waals surface area (Å²) in [5.74, 6) is 0. The highest BCUT2D eigenvalue weighted by Gasteiger charge is 2.47. The molecule has 3 heterocycles. The van der Waals surface area contributed by atoms with E-state index < -0.39 is 0 Å². The molecule has 3 aliphatic rings. The number of hydrogen-bond donors (Lipinski definition) is 0. The average Bonchev–Trinajstić information content (AvgIpc) is 3.66. The van der Waals surface area contributed by atoms with E-state index in [-0.39, 0.29) is 33.8 Å². The van der Waals surface area contributed by atoms with Gasteiger partial charge < -0.3 is 9.80 Å². The number of fused-ring (bicyclic) bond motifs is 9. The SMILES string of the molecule is CC(C)(C)c1ccc(N2c3ccc(C(C)(C)C)cc3B3c4sc5cc6c(cc5c4N(c4ccc(C(C)(C)C)cc4)c4cc(C(C)(C)C)cc2c43)-c2ccccc2C6(C)C)cc1. The molecular weight excluding hydrogens is 756 g/mol.